The van der Waals surface area contributed by atoms with E-state index in [4.69, 9.17) is 4.74 Å². The number of benzene rings is 1. The van der Waals surface area contributed by atoms with Crippen molar-refractivity contribution in [1.82, 2.24) is 15.1 Å². The van der Waals surface area contributed by atoms with Crippen LogP contribution in [0.25, 0.3) is 0 Å². The zero-order chi connectivity index (χ0) is 18.9. The molecule has 0 radical (unpaired) electrons. The van der Waals surface area contributed by atoms with Gasteiger partial charge in [0.25, 0.3) is 0 Å². The van der Waals surface area contributed by atoms with E-state index in [9.17, 15) is 9.59 Å². The van der Waals surface area contributed by atoms with Gasteiger partial charge in [-0.1, -0.05) is 30.3 Å². The number of thioether (sulfide) groups is 1. The van der Waals surface area contributed by atoms with Gasteiger partial charge >= 0.3 is 5.97 Å². The van der Waals surface area contributed by atoms with E-state index in [1.807, 2.05) is 36.7 Å². The van der Waals surface area contributed by atoms with E-state index in [0.29, 0.717) is 19.7 Å². The van der Waals surface area contributed by atoms with Crippen molar-refractivity contribution >= 4 is 23.6 Å². The molecule has 0 fully saturated rings. The predicted octanol–water partition coefficient (Wildman–Crippen LogP) is 2.46. The van der Waals surface area contributed by atoms with Gasteiger partial charge in [0, 0.05) is 17.8 Å². The lowest BCUT2D eigenvalue weighted by Gasteiger charge is -2.07. The molecule has 1 heterocycles. The third-order valence-corrected chi connectivity index (χ3v) is 4.83. The summed E-state index contributed by atoms with van der Waals surface area (Å²) in [6, 6.07) is 10.1. The molecule has 2 aromatic rings. The second-order valence-electron chi connectivity index (χ2n) is 5.87. The zero-order valence-corrected chi connectivity index (χ0v) is 16.3. The van der Waals surface area contributed by atoms with E-state index in [-0.39, 0.29) is 23.4 Å². The lowest BCUT2D eigenvalue weighted by atomic mass is 10.2. The summed E-state index contributed by atoms with van der Waals surface area (Å²) < 4.78 is 6.79. The molecule has 0 atom stereocenters. The van der Waals surface area contributed by atoms with Crippen molar-refractivity contribution in [2.45, 2.75) is 33.9 Å². The SMILES string of the molecule is CCOC(=O)CSCC(=O)NCc1c(C)nn(Cc2ccccc2)c1C. The van der Waals surface area contributed by atoms with Crippen LogP contribution in [0.2, 0.25) is 0 Å². The Hall–Kier alpha value is -2.28. The molecule has 0 unspecified atom stereocenters. The van der Waals surface area contributed by atoms with Crippen molar-refractivity contribution in [3.05, 3.63) is 52.8 Å². The van der Waals surface area contributed by atoms with E-state index in [0.717, 1.165) is 17.0 Å². The summed E-state index contributed by atoms with van der Waals surface area (Å²) in [4.78, 5) is 23.2. The second kappa shape index (κ2) is 10.0. The Bertz CT molecular complexity index is 744. The number of aryl methyl sites for hydroxylation is 1. The van der Waals surface area contributed by atoms with Gasteiger partial charge in [-0.25, -0.2) is 0 Å². The molecule has 2 rings (SSSR count). The van der Waals surface area contributed by atoms with Crippen molar-refractivity contribution < 1.29 is 14.3 Å². The van der Waals surface area contributed by atoms with Gasteiger partial charge in [-0.05, 0) is 26.3 Å². The van der Waals surface area contributed by atoms with E-state index >= 15 is 0 Å². The van der Waals surface area contributed by atoms with E-state index in [1.165, 1.54) is 17.3 Å². The fourth-order valence-electron chi connectivity index (χ4n) is 2.57. The molecule has 0 aliphatic heterocycles. The number of rotatable bonds is 9. The molecule has 6 nitrogen and oxygen atoms in total. The number of hydrogen-bond donors (Lipinski definition) is 1. The number of carbonyl (C=O) groups excluding carboxylic acids is 2. The maximum absolute atomic E-state index is 12.0. The minimum absolute atomic E-state index is 0.103. The van der Waals surface area contributed by atoms with Crippen LogP contribution in [0.4, 0.5) is 0 Å². The average molecular weight is 375 g/mol. The van der Waals surface area contributed by atoms with Crippen molar-refractivity contribution in [2.75, 3.05) is 18.1 Å². The summed E-state index contributed by atoms with van der Waals surface area (Å²) in [5.41, 5.74) is 4.18. The Kier molecular flexibility index (Phi) is 7.72. The predicted molar refractivity (Wildman–Crippen MR) is 103 cm³/mol. The highest BCUT2D eigenvalue weighted by atomic mass is 32.2. The largest absolute Gasteiger partial charge is 0.465 e. The topological polar surface area (TPSA) is 73.2 Å². The molecular weight excluding hydrogens is 350 g/mol. The number of ether oxygens (including phenoxy) is 1. The summed E-state index contributed by atoms with van der Waals surface area (Å²) in [7, 11) is 0. The standard InChI is InChI=1S/C19H25N3O3S/c1-4-25-19(24)13-26-12-18(23)20-10-17-14(2)21-22(15(17)3)11-16-8-6-5-7-9-16/h5-9H,4,10-13H2,1-3H3,(H,20,23). The first-order valence-electron chi connectivity index (χ1n) is 8.58. The summed E-state index contributed by atoms with van der Waals surface area (Å²) >= 11 is 1.25. The monoisotopic (exact) mass is 375 g/mol. The molecule has 0 saturated carbocycles. The Labute approximate surface area is 158 Å². The van der Waals surface area contributed by atoms with Crippen LogP contribution in [-0.4, -0.2) is 39.8 Å². The molecular formula is C19H25N3O3S. The number of nitrogens with one attached hydrogen (secondary N) is 1. The fraction of sp³-hybridized carbons (Fsp3) is 0.421. The lowest BCUT2D eigenvalue weighted by Crippen LogP contribution is -2.25. The number of aromatic nitrogens is 2. The minimum atomic E-state index is -0.292. The summed E-state index contributed by atoms with van der Waals surface area (Å²) in [6.45, 7) is 7.22. The minimum Gasteiger partial charge on any atom is -0.465 e. The lowest BCUT2D eigenvalue weighted by molar-refractivity contribution is -0.139. The van der Waals surface area contributed by atoms with Crippen molar-refractivity contribution in [3.63, 3.8) is 0 Å². The maximum atomic E-state index is 12.0. The molecule has 1 amide bonds. The normalized spacial score (nSPS) is 10.6. The summed E-state index contributed by atoms with van der Waals surface area (Å²) in [5.74, 6) is 0.0247. The number of hydrogen-bond acceptors (Lipinski definition) is 5. The Morgan fingerprint density at radius 1 is 1.19 bits per heavy atom. The van der Waals surface area contributed by atoms with Gasteiger partial charge in [0.2, 0.25) is 5.91 Å². The fourth-order valence-corrected chi connectivity index (χ4v) is 3.21. The molecule has 0 saturated heterocycles. The van der Waals surface area contributed by atoms with Gasteiger partial charge in [-0.3, -0.25) is 14.3 Å². The number of esters is 1. The van der Waals surface area contributed by atoms with Crippen LogP contribution in [0.5, 0.6) is 0 Å². The third-order valence-electron chi connectivity index (χ3n) is 3.93. The quantitative estimate of drug-likeness (QED) is 0.682. The number of amides is 1. The van der Waals surface area contributed by atoms with Gasteiger partial charge in [-0.15, -0.1) is 11.8 Å². The van der Waals surface area contributed by atoms with Gasteiger partial charge in [0.1, 0.15) is 0 Å². The smallest absolute Gasteiger partial charge is 0.315 e. The van der Waals surface area contributed by atoms with Crippen molar-refractivity contribution in [1.29, 1.82) is 0 Å². The average Bonchev–Trinajstić information content (AvgIpc) is 2.87. The molecule has 140 valence electrons. The summed E-state index contributed by atoms with van der Waals surface area (Å²) in [6.07, 6.45) is 0. The first kappa shape index (κ1) is 20.0. The summed E-state index contributed by atoms with van der Waals surface area (Å²) in [5, 5.41) is 7.49. The third kappa shape index (κ3) is 5.91. The first-order chi connectivity index (χ1) is 12.5. The Balaban J connectivity index is 1.85. The molecule has 0 aliphatic carbocycles. The molecule has 0 spiro atoms. The number of nitrogens with zero attached hydrogens (tertiary/aromatic N) is 2. The Morgan fingerprint density at radius 3 is 2.62 bits per heavy atom. The van der Waals surface area contributed by atoms with Crippen molar-refractivity contribution in [2.24, 2.45) is 0 Å². The highest BCUT2D eigenvalue weighted by Crippen LogP contribution is 2.15. The molecule has 1 aromatic heterocycles. The van der Waals surface area contributed by atoms with Gasteiger partial charge in [0.15, 0.2) is 0 Å². The van der Waals surface area contributed by atoms with Gasteiger partial charge < -0.3 is 10.1 Å². The second-order valence-corrected chi connectivity index (χ2v) is 6.85. The molecule has 1 aromatic carbocycles. The van der Waals surface area contributed by atoms with E-state index in [2.05, 4.69) is 22.5 Å². The number of carbonyl (C=O) groups is 2. The van der Waals surface area contributed by atoms with Crippen LogP contribution in [-0.2, 0) is 27.4 Å². The molecule has 1 N–H and O–H groups in total. The van der Waals surface area contributed by atoms with Crippen LogP contribution in [0, 0.1) is 13.8 Å². The zero-order valence-electron chi connectivity index (χ0n) is 15.4. The van der Waals surface area contributed by atoms with E-state index in [1.54, 1.807) is 6.92 Å². The molecule has 26 heavy (non-hydrogen) atoms. The molecule has 0 bridgehead atoms. The highest BCUT2D eigenvalue weighted by Gasteiger charge is 2.13. The van der Waals surface area contributed by atoms with Crippen LogP contribution >= 0.6 is 11.8 Å². The Morgan fingerprint density at radius 2 is 1.92 bits per heavy atom. The van der Waals surface area contributed by atoms with Gasteiger partial charge in [0.05, 0.1) is 30.4 Å². The molecule has 7 heteroatoms. The van der Waals surface area contributed by atoms with Crippen LogP contribution in [0.1, 0.15) is 29.4 Å². The van der Waals surface area contributed by atoms with Crippen LogP contribution in [0.15, 0.2) is 30.3 Å². The van der Waals surface area contributed by atoms with E-state index < -0.39 is 0 Å². The van der Waals surface area contributed by atoms with Crippen LogP contribution < -0.4 is 5.32 Å². The first-order valence-corrected chi connectivity index (χ1v) is 9.73. The van der Waals surface area contributed by atoms with Crippen molar-refractivity contribution in [3.8, 4) is 0 Å². The molecule has 0 aliphatic rings. The van der Waals surface area contributed by atoms with Gasteiger partial charge in [-0.2, -0.15) is 5.10 Å². The maximum Gasteiger partial charge on any atom is 0.315 e. The van der Waals surface area contributed by atoms with Crippen LogP contribution in [0.3, 0.4) is 0 Å². The highest BCUT2D eigenvalue weighted by molar-refractivity contribution is 8.00.